The van der Waals surface area contributed by atoms with Crippen molar-refractivity contribution in [3.63, 3.8) is 0 Å². The molecule has 5 nitrogen and oxygen atoms in total. The molecule has 6 heteroatoms. The Bertz CT molecular complexity index is 611. The fraction of sp³-hybridized carbons (Fsp3) is 0.632. The number of rotatable bonds is 3. The molecule has 1 saturated heterocycles. The van der Waals surface area contributed by atoms with Crippen LogP contribution < -0.4 is 19.7 Å². The van der Waals surface area contributed by atoms with E-state index in [1.165, 1.54) is 37.7 Å². The number of quaternary nitrogens is 1. The third kappa shape index (κ3) is 4.18. The summed E-state index contributed by atoms with van der Waals surface area (Å²) in [5.74, 6) is 1.75. The van der Waals surface area contributed by atoms with Gasteiger partial charge in [-0.15, -0.1) is 0 Å². The Labute approximate surface area is 155 Å². The average Bonchev–Trinajstić information content (AvgIpc) is 3.11. The van der Waals surface area contributed by atoms with E-state index in [1.807, 2.05) is 6.07 Å². The van der Waals surface area contributed by atoms with Crippen molar-refractivity contribution in [2.24, 2.45) is 0 Å². The fourth-order valence-electron chi connectivity index (χ4n) is 4.06. The molecule has 0 atom stereocenters. The molecule has 1 aromatic carbocycles. The van der Waals surface area contributed by atoms with Crippen molar-refractivity contribution in [2.75, 3.05) is 33.0 Å². The maximum Gasteiger partial charge on any atom is 0.231 e. The van der Waals surface area contributed by atoms with E-state index in [0.29, 0.717) is 12.8 Å². The Morgan fingerprint density at radius 1 is 1.12 bits per heavy atom. The first-order chi connectivity index (χ1) is 12.3. The normalized spacial score (nSPS) is 21.4. The van der Waals surface area contributed by atoms with Gasteiger partial charge in [0.1, 0.15) is 6.54 Å². The molecule has 0 bridgehead atoms. The molecule has 0 amide bonds. The lowest BCUT2D eigenvalue weighted by Gasteiger charge is -2.35. The van der Waals surface area contributed by atoms with Gasteiger partial charge < -0.3 is 24.6 Å². The lowest BCUT2D eigenvalue weighted by atomic mass is 9.96. The van der Waals surface area contributed by atoms with Crippen molar-refractivity contribution < 1.29 is 14.4 Å². The molecule has 2 aliphatic heterocycles. The van der Waals surface area contributed by atoms with Crippen molar-refractivity contribution in [1.82, 2.24) is 10.2 Å². The third-order valence-electron chi connectivity index (χ3n) is 5.58. The van der Waals surface area contributed by atoms with Gasteiger partial charge in [0.2, 0.25) is 6.79 Å². The number of nitrogens with zero attached hydrogens (tertiary/aromatic N) is 1. The molecule has 136 valence electrons. The summed E-state index contributed by atoms with van der Waals surface area (Å²) in [4.78, 5) is 3.96. The molecule has 0 aromatic heterocycles. The summed E-state index contributed by atoms with van der Waals surface area (Å²) in [5.41, 5.74) is 1.32. The molecule has 0 spiro atoms. The first kappa shape index (κ1) is 16.9. The zero-order valence-electron chi connectivity index (χ0n) is 14.8. The van der Waals surface area contributed by atoms with Crippen LogP contribution in [0.15, 0.2) is 18.2 Å². The van der Waals surface area contributed by atoms with E-state index < -0.39 is 0 Å². The highest BCUT2D eigenvalue weighted by atomic mass is 32.1. The molecule has 2 heterocycles. The minimum absolute atomic E-state index is 0.343. The number of benzene rings is 1. The van der Waals surface area contributed by atoms with Gasteiger partial charge in [0.25, 0.3) is 0 Å². The highest BCUT2D eigenvalue weighted by molar-refractivity contribution is 7.80. The number of piperazine rings is 1. The summed E-state index contributed by atoms with van der Waals surface area (Å²) in [6, 6.07) is 6.90. The zero-order chi connectivity index (χ0) is 17.1. The minimum atomic E-state index is 0.343. The van der Waals surface area contributed by atoms with Crippen molar-refractivity contribution >= 4 is 17.3 Å². The van der Waals surface area contributed by atoms with Gasteiger partial charge in [-0.2, -0.15) is 0 Å². The Hall–Kier alpha value is -1.53. The van der Waals surface area contributed by atoms with Crippen LogP contribution in [-0.4, -0.2) is 49.0 Å². The van der Waals surface area contributed by atoms with Crippen LogP contribution in [0.5, 0.6) is 11.5 Å². The van der Waals surface area contributed by atoms with Crippen molar-refractivity contribution in [1.29, 1.82) is 0 Å². The largest absolute Gasteiger partial charge is 0.454 e. The number of thiocarbonyl (C=S) groups is 1. The molecule has 2 N–H and O–H groups in total. The van der Waals surface area contributed by atoms with Crippen LogP contribution in [0.25, 0.3) is 0 Å². The van der Waals surface area contributed by atoms with Gasteiger partial charge in [-0.1, -0.05) is 19.3 Å². The van der Waals surface area contributed by atoms with Crippen LogP contribution in [0.1, 0.15) is 37.7 Å². The van der Waals surface area contributed by atoms with Gasteiger partial charge in [-0.3, -0.25) is 0 Å². The van der Waals surface area contributed by atoms with Gasteiger partial charge >= 0.3 is 0 Å². The summed E-state index contributed by atoms with van der Waals surface area (Å²) < 4.78 is 10.9. The van der Waals surface area contributed by atoms with E-state index >= 15 is 0 Å². The van der Waals surface area contributed by atoms with E-state index in [1.54, 1.807) is 4.90 Å². The number of hydrogen-bond acceptors (Lipinski definition) is 3. The van der Waals surface area contributed by atoms with Crippen molar-refractivity contribution in [3.05, 3.63) is 23.8 Å². The van der Waals surface area contributed by atoms with E-state index in [9.17, 15) is 0 Å². The van der Waals surface area contributed by atoms with Gasteiger partial charge in [0, 0.05) is 11.6 Å². The first-order valence-corrected chi connectivity index (χ1v) is 9.96. The predicted molar refractivity (Wildman–Crippen MR) is 101 cm³/mol. The summed E-state index contributed by atoms with van der Waals surface area (Å²) in [7, 11) is 0. The molecule has 1 saturated carbocycles. The molecule has 2 fully saturated rings. The smallest absolute Gasteiger partial charge is 0.231 e. The maximum absolute atomic E-state index is 5.65. The number of nitrogens with one attached hydrogen (secondary N) is 2. The molecule has 1 aliphatic carbocycles. The van der Waals surface area contributed by atoms with E-state index in [2.05, 4.69) is 22.3 Å². The summed E-state index contributed by atoms with van der Waals surface area (Å²) in [5, 5.41) is 4.57. The topological polar surface area (TPSA) is 38.2 Å². The van der Waals surface area contributed by atoms with Crippen LogP contribution in [0.2, 0.25) is 0 Å². The minimum Gasteiger partial charge on any atom is -0.454 e. The van der Waals surface area contributed by atoms with Gasteiger partial charge in [0.15, 0.2) is 16.6 Å². The van der Waals surface area contributed by atoms with Crippen LogP contribution in [0, 0.1) is 0 Å². The van der Waals surface area contributed by atoms with E-state index in [4.69, 9.17) is 21.7 Å². The van der Waals surface area contributed by atoms with Gasteiger partial charge in [0.05, 0.1) is 26.2 Å². The molecular formula is C19H28N3O2S+. The van der Waals surface area contributed by atoms with Crippen LogP contribution in [0.3, 0.4) is 0 Å². The summed E-state index contributed by atoms with van der Waals surface area (Å²) >= 11 is 5.65. The SMILES string of the molecule is S=C(NC1CCCCC1)N1CC[NH+](Cc2ccc3c(c2)OCO3)CC1. The number of hydrogen-bond donors (Lipinski definition) is 2. The second-order valence-corrected chi connectivity index (χ2v) is 7.77. The zero-order valence-corrected chi connectivity index (χ0v) is 15.6. The molecule has 4 rings (SSSR count). The molecule has 1 aromatic rings. The summed E-state index contributed by atoms with van der Waals surface area (Å²) in [6.45, 7) is 5.71. The van der Waals surface area contributed by atoms with Gasteiger partial charge in [-0.25, -0.2) is 0 Å². The molecule has 0 radical (unpaired) electrons. The standard InChI is InChI=1S/C19H27N3O2S/c25-19(20-16-4-2-1-3-5-16)22-10-8-21(9-11-22)13-15-6-7-17-18(12-15)24-14-23-17/h6-7,12,16H,1-5,8-11,13-14H2,(H,20,25)/p+1. The maximum atomic E-state index is 5.65. The van der Waals surface area contributed by atoms with Crippen LogP contribution in [0.4, 0.5) is 0 Å². The Kier molecular flexibility index (Phi) is 5.27. The van der Waals surface area contributed by atoms with Crippen molar-refractivity contribution in [3.8, 4) is 11.5 Å². The lowest BCUT2D eigenvalue weighted by Crippen LogP contribution is -3.13. The van der Waals surface area contributed by atoms with Crippen LogP contribution in [-0.2, 0) is 6.54 Å². The monoisotopic (exact) mass is 362 g/mol. The molecular weight excluding hydrogens is 334 g/mol. The average molecular weight is 363 g/mol. The quantitative estimate of drug-likeness (QED) is 0.794. The highest BCUT2D eigenvalue weighted by Crippen LogP contribution is 2.32. The number of ether oxygens (including phenoxy) is 2. The van der Waals surface area contributed by atoms with Crippen LogP contribution >= 0.6 is 12.2 Å². The van der Waals surface area contributed by atoms with Crippen molar-refractivity contribution in [2.45, 2.75) is 44.7 Å². The van der Waals surface area contributed by atoms with E-state index in [0.717, 1.165) is 49.3 Å². The Morgan fingerprint density at radius 2 is 1.88 bits per heavy atom. The predicted octanol–water partition coefficient (Wildman–Crippen LogP) is 1.32. The first-order valence-electron chi connectivity index (χ1n) is 9.55. The molecule has 0 unspecified atom stereocenters. The Morgan fingerprint density at radius 3 is 2.68 bits per heavy atom. The second kappa shape index (κ2) is 7.79. The second-order valence-electron chi connectivity index (χ2n) is 7.39. The third-order valence-corrected chi connectivity index (χ3v) is 5.96. The lowest BCUT2D eigenvalue weighted by molar-refractivity contribution is -0.917. The summed E-state index contributed by atoms with van der Waals surface area (Å²) in [6.07, 6.45) is 6.61. The molecule has 25 heavy (non-hydrogen) atoms. The van der Waals surface area contributed by atoms with E-state index in [-0.39, 0.29) is 0 Å². The molecule has 3 aliphatic rings. The number of fused-ring (bicyclic) bond motifs is 1. The Balaban J connectivity index is 1.24. The highest BCUT2D eigenvalue weighted by Gasteiger charge is 2.24. The van der Waals surface area contributed by atoms with Gasteiger partial charge in [-0.05, 0) is 43.3 Å². The fourth-order valence-corrected chi connectivity index (χ4v) is 4.40.